The summed E-state index contributed by atoms with van der Waals surface area (Å²) in [6, 6.07) is 10.7. The normalized spacial score (nSPS) is 10.4. The topological polar surface area (TPSA) is 0 Å². The Morgan fingerprint density at radius 2 is 2.14 bits per heavy atom. The molecule has 0 saturated carbocycles. The summed E-state index contributed by atoms with van der Waals surface area (Å²) in [5.41, 5.74) is 3.78. The number of aryl methyl sites for hydroxylation is 1. The molecule has 14 heavy (non-hydrogen) atoms. The molecule has 0 amide bonds. The van der Waals surface area contributed by atoms with Crippen LogP contribution < -0.4 is 0 Å². The van der Waals surface area contributed by atoms with Crippen molar-refractivity contribution in [1.29, 1.82) is 0 Å². The Morgan fingerprint density at radius 3 is 2.79 bits per heavy atom. The lowest BCUT2D eigenvalue weighted by Crippen LogP contribution is -1.74. The molecule has 72 valence electrons. The van der Waals surface area contributed by atoms with E-state index < -0.39 is 0 Å². The molecule has 0 aliphatic rings. The van der Waals surface area contributed by atoms with E-state index in [2.05, 4.69) is 42.6 Å². The van der Waals surface area contributed by atoms with Crippen LogP contribution in [0.5, 0.6) is 0 Å². The summed E-state index contributed by atoms with van der Waals surface area (Å²) < 4.78 is 0. The van der Waals surface area contributed by atoms with Crippen molar-refractivity contribution in [3.63, 3.8) is 0 Å². The highest BCUT2D eigenvalue weighted by molar-refractivity contribution is 7.13. The lowest BCUT2D eigenvalue weighted by Gasteiger charge is -1.97. The Hall–Kier alpha value is -0.790. The van der Waals surface area contributed by atoms with E-state index >= 15 is 0 Å². The molecule has 0 bridgehead atoms. The molecule has 2 rings (SSSR count). The molecule has 0 nitrogen and oxygen atoms in total. The van der Waals surface area contributed by atoms with Crippen molar-refractivity contribution < 1.29 is 0 Å². The van der Waals surface area contributed by atoms with Gasteiger partial charge in [0.05, 0.1) is 0 Å². The van der Waals surface area contributed by atoms with Gasteiger partial charge in [-0.05, 0) is 29.5 Å². The van der Waals surface area contributed by atoms with E-state index in [1.165, 1.54) is 21.6 Å². The maximum atomic E-state index is 5.77. The van der Waals surface area contributed by atoms with Gasteiger partial charge < -0.3 is 0 Å². The van der Waals surface area contributed by atoms with Crippen LogP contribution in [-0.4, -0.2) is 0 Å². The third kappa shape index (κ3) is 1.99. The second-order valence-corrected chi connectivity index (χ2v) is 4.50. The van der Waals surface area contributed by atoms with E-state index in [4.69, 9.17) is 11.6 Å². The highest BCUT2D eigenvalue weighted by atomic mass is 35.5. The highest BCUT2D eigenvalue weighted by Gasteiger charge is 2.01. The van der Waals surface area contributed by atoms with Crippen LogP contribution in [-0.2, 0) is 5.88 Å². The van der Waals surface area contributed by atoms with E-state index in [1.54, 1.807) is 11.3 Å². The minimum Gasteiger partial charge on any atom is -0.143 e. The summed E-state index contributed by atoms with van der Waals surface area (Å²) in [6.07, 6.45) is 0. The average Bonchev–Trinajstić information content (AvgIpc) is 2.66. The molecule has 0 aliphatic carbocycles. The maximum Gasteiger partial charge on any atom is 0.0482 e. The fourth-order valence-corrected chi connectivity index (χ4v) is 2.55. The van der Waals surface area contributed by atoms with E-state index in [9.17, 15) is 0 Å². The Kier molecular flexibility index (Phi) is 2.90. The van der Waals surface area contributed by atoms with Crippen molar-refractivity contribution >= 4 is 22.9 Å². The predicted octanol–water partition coefficient (Wildman–Crippen LogP) is 4.46. The van der Waals surface area contributed by atoms with Crippen molar-refractivity contribution in [1.82, 2.24) is 0 Å². The minimum atomic E-state index is 0.600. The fourth-order valence-electron chi connectivity index (χ4n) is 1.40. The van der Waals surface area contributed by atoms with Crippen molar-refractivity contribution in [2.75, 3.05) is 0 Å². The Bertz CT molecular complexity index is 431. The molecule has 0 unspecified atom stereocenters. The molecular weight excluding hydrogens is 212 g/mol. The summed E-state index contributed by atoms with van der Waals surface area (Å²) in [4.78, 5) is 1.30. The summed E-state index contributed by atoms with van der Waals surface area (Å²) in [6.45, 7) is 2.11. The zero-order chi connectivity index (χ0) is 9.97. The standard InChI is InChI=1S/C12H11ClS/c1-9-3-2-4-11(5-9)12-6-10(7-13)8-14-12/h2-6,8H,7H2,1H3. The van der Waals surface area contributed by atoms with Gasteiger partial charge in [-0.1, -0.05) is 29.8 Å². The molecule has 0 saturated heterocycles. The zero-order valence-corrected chi connectivity index (χ0v) is 9.53. The van der Waals surface area contributed by atoms with Gasteiger partial charge in [-0.2, -0.15) is 0 Å². The molecule has 0 spiro atoms. The summed E-state index contributed by atoms with van der Waals surface area (Å²) >= 11 is 7.52. The summed E-state index contributed by atoms with van der Waals surface area (Å²) in [5, 5.41) is 2.12. The summed E-state index contributed by atoms with van der Waals surface area (Å²) in [5.74, 6) is 0.600. The van der Waals surface area contributed by atoms with Gasteiger partial charge in [-0.3, -0.25) is 0 Å². The van der Waals surface area contributed by atoms with E-state index in [-0.39, 0.29) is 0 Å². The van der Waals surface area contributed by atoms with Gasteiger partial charge in [-0.15, -0.1) is 22.9 Å². The first-order chi connectivity index (χ1) is 6.79. The molecule has 1 aromatic carbocycles. The number of rotatable bonds is 2. The first-order valence-corrected chi connectivity index (χ1v) is 5.91. The van der Waals surface area contributed by atoms with Gasteiger partial charge in [0.2, 0.25) is 0 Å². The molecule has 0 N–H and O–H groups in total. The smallest absolute Gasteiger partial charge is 0.0482 e. The van der Waals surface area contributed by atoms with Crippen LogP contribution >= 0.6 is 22.9 Å². The van der Waals surface area contributed by atoms with Gasteiger partial charge in [0.15, 0.2) is 0 Å². The lowest BCUT2D eigenvalue weighted by molar-refractivity contribution is 1.45. The van der Waals surface area contributed by atoms with Crippen molar-refractivity contribution in [2.45, 2.75) is 12.8 Å². The van der Waals surface area contributed by atoms with Gasteiger partial charge in [0, 0.05) is 10.8 Å². The third-order valence-electron chi connectivity index (χ3n) is 2.11. The third-order valence-corrected chi connectivity index (χ3v) is 3.45. The number of alkyl halides is 1. The van der Waals surface area contributed by atoms with Crippen LogP contribution in [0.15, 0.2) is 35.7 Å². The quantitative estimate of drug-likeness (QED) is 0.658. The second kappa shape index (κ2) is 4.16. The number of benzene rings is 1. The SMILES string of the molecule is Cc1cccc(-c2cc(CCl)cs2)c1. The van der Waals surface area contributed by atoms with Crippen LogP contribution in [0.3, 0.4) is 0 Å². The van der Waals surface area contributed by atoms with Gasteiger partial charge in [0.25, 0.3) is 0 Å². The van der Waals surface area contributed by atoms with E-state index in [0.29, 0.717) is 5.88 Å². The van der Waals surface area contributed by atoms with Crippen LogP contribution in [0.2, 0.25) is 0 Å². The first-order valence-electron chi connectivity index (χ1n) is 4.50. The number of hydrogen-bond acceptors (Lipinski definition) is 1. The van der Waals surface area contributed by atoms with Gasteiger partial charge in [0.1, 0.15) is 0 Å². The maximum absolute atomic E-state index is 5.77. The Labute approximate surface area is 93.2 Å². The Balaban J connectivity index is 2.39. The molecule has 0 fully saturated rings. The average molecular weight is 223 g/mol. The van der Waals surface area contributed by atoms with Crippen LogP contribution in [0, 0.1) is 6.92 Å². The van der Waals surface area contributed by atoms with Crippen molar-refractivity contribution in [3.05, 3.63) is 46.8 Å². The lowest BCUT2D eigenvalue weighted by atomic mass is 10.1. The number of halogens is 1. The number of thiophene rings is 1. The molecule has 0 atom stereocenters. The minimum absolute atomic E-state index is 0.600. The molecule has 1 aromatic heterocycles. The summed E-state index contributed by atoms with van der Waals surface area (Å²) in [7, 11) is 0. The van der Waals surface area contributed by atoms with Crippen LogP contribution in [0.1, 0.15) is 11.1 Å². The molecular formula is C12H11ClS. The first kappa shape index (κ1) is 9.75. The number of hydrogen-bond donors (Lipinski definition) is 0. The van der Waals surface area contributed by atoms with Gasteiger partial charge >= 0.3 is 0 Å². The van der Waals surface area contributed by atoms with Crippen molar-refractivity contribution in [2.24, 2.45) is 0 Å². The van der Waals surface area contributed by atoms with E-state index in [1.807, 2.05) is 0 Å². The molecule has 2 aromatic rings. The monoisotopic (exact) mass is 222 g/mol. The fraction of sp³-hybridized carbons (Fsp3) is 0.167. The second-order valence-electron chi connectivity index (χ2n) is 3.32. The Morgan fingerprint density at radius 1 is 1.29 bits per heavy atom. The van der Waals surface area contributed by atoms with E-state index in [0.717, 1.165) is 0 Å². The molecule has 2 heteroatoms. The van der Waals surface area contributed by atoms with Crippen molar-refractivity contribution in [3.8, 4) is 10.4 Å². The molecule has 1 heterocycles. The predicted molar refractivity (Wildman–Crippen MR) is 64.0 cm³/mol. The molecule has 0 radical (unpaired) electrons. The largest absolute Gasteiger partial charge is 0.143 e. The zero-order valence-electron chi connectivity index (χ0n) is 7.96. The van der Waals surface area contributed by atoms with Crippen LogP contribution in [0.4, 0.5) is 0 Å². The highest BCUT2D eigenvalue weighted by Crippen LogP contribution is 2.28. The molecule has 0 aliphatic heterocycles. The van der Waals surface area contributed by atoms with Gasteiger partial charge in [-0.25, -0.2) is 0 Å². The van der Waals surface area contributed by atoms with Crippen LogP contribution in [0.25, 0.3) is 10.4 Å².